The molecule has 2 aliphatic heterocycles. The van der Waals surface area contributed by atoms with Crippen LogP contribution in [0.4, 0.5) is 10.1 Å². The van der Waals surface area contributed by atoms with E-state index < -0.39 is 5.82 Å². The van der Waals surface area contributed by atoms with Gasteiger partial charge in [0, 0.05) is 54.2 Å². The number of nitrogens with one attached hydrogen (secondary N) is 1. The molecule has 2 aromatic carbocycles. The Morgan fingerprint density at radius 1 is 1.17 bits per heavy atom. The second kappa shape index (κ2) is 14.1. The van der Waals surface area contributed by atoms with Crippen molar-refractivity contribution >= 4 is 56.8 Å². The average molecular weight is 670 g/mol. The molecule has 3 aliphatic rings. The normalized spacial score (nSPS) is 24.6. The summed E-state index contributed by atoms with van der Waals surface area (Å²) in [6, 6.07) is 10.2. The zero-order chi connectivity index (χ0) is 32.4. The Morgan fingerprint density at radius 2 is 1.93 bits per heavy atom. The van der Waals surface area contributed by atoms with Crippen LogP contribution < -0.4 is 5.32 Å². The van der Waals surface area contributed by atoms with Crippen LogP contribution in [0.25, 0.3) is 10.1 Å². The van der Waals surface area contributed by atoms with Crippen LogP contribution in [0.3, 0.4) is 0 Å². The summed E-state index contributed by atoms with van der Waals surface area (Å²) in [7, 11) is 1.75. The van der Waals surface area contributed by atoms with E-state index >= 15 is 4.39 Å². The summed E-state index contributed by atoms with van der Waals surface area (Å²) in [6.07, 6.45) is 5.98. The van der Waals surface area contributed by atoms with Gasteiger partial charge in [-0.2, -0.15) is 0 Å². The lowest BCUT2D eigenvalue weighted by Crippen LogP contribution is -2.65. The quantitative estimate of drug-likeness (QED) is 0.240. The van der Waals surface area contributed by atoms with E-state index in [2.05, 4.69) is 17.1 Å². The standard InChI is InChI=1S/C35H41ClFN3O5S/c1-3-35(44-2)20-39(21-35)24-14-25(18-45-26-10-8-22(17-41)9-11-26)40(16-24)33(42)13-23-12-29(36)31(15-30(23)37)38-34(43)28-19-46-32-7-5-4-6-27(28)32/h4-7,12,15,17,19,22,24-26H,3,8-11,13-14,16,18,20-21H2,1-2H3,(H,38,43)/t22-,24-,25-,26-/m0/s1. The first-order chi connectivity index (χ1) is 22.2. The van der Waals surface area contributed by atoms with Crippen molar-refractivity contribution in [3.05, 3.63) is 63.7 Å². The summed E-state index contributed by atoms with van der Waals surface area (Å²) < 4.78 is 28.5. The third-order valence-electron chi connectivity index (χ3n) is 10.2. The molecule has 1 aliphatic carbocycles. The number of rotatable bonds is 11. The van der Waals surface area contributed by atoms with Crippen LogP contribution in [-0.4, -0.2) is 85.0 Å². The highest BCUT2D eigenvalue weighted by Gasteiger charge is 2.48. The van der Waals surface area contributed by atoms with Crippen molar-refractivity contribution in [2.24, 2.45) is 5.92 Å². The van der Waals surface area contributed by atoms with Gasteiger partial charge in [0.05, 0.1) is 47.0 Å². The minimum absolute atomic E-state index is 0.0727. The van der Waals surface area contributed by atoms with Gasteiger partial charge in [0.2, 0.25) is 5.91 Å². The van der Waals surface area contributed by atoms with Crippen LogP contribution >= 0.6 is 22.9 Å². The fraction of sp³-hybridized carbons (Fsp3) is 0.514. The van der Waals surface area contributed by atoms with Crippen molar-refractivity contribution in [1.29, 1.82) is 0 Å². The highest BCUT2D eigenvalue weighted by atomic mass is 35.5. The number of fused-ring (bicyclic) bond motifs is 1. The van der Waals surface area contributed by atoms with Crippen LogP contribution in [-0.2, 0) is 25.5 Å². The number of benzene rings is 2. The zero-order valence-electron chi connectivity index (χ0n) is 26.3. The van der Waals surface area contributed by atoms with Gasteiger partial charge in [-0.3, -0.25) is 14.5 Å². The molecule has 0 unspecified atom stereocenters. The van der Waals surface area contributed by atoms with Gasteiger partial charge in [0.15, 0.2) is 0 Å². The molecule has 2 amide bonds. The summed E-state index contributed by atoms with van der Waals surface area (Å²) in [5, 5.41) is 5.50. The Kier molecular flexibility index (Phi) is 10.1. The molecule has 1 saturated carbocycles. The summed E-state index contributed by atoms with van der Waals surface area (Å²) in [5.41, 5.74) is 0.683. The van der Waals surface area contributed by atoms with E-state index in [-0.39, 0.29) is 64.2 Å². The van der Waals surface area contributed by atoms with E-state index in [1.807, 2.05) is 29.2 Å². The van der Waals surface area contributed by atoms with Crippen molar-refractivity contribution < 1.29 is 28.2 Å². The number of aldehydes is 1. The Labute approximate surface area is 278 Å². The molecule has 3 fully saturated rings. The van der Waals surface area contributed by atoms with Gasteiger partial charge in [-0.15, -0.1) is 11.3 Å². The number of likely N-dealkylation sites (tertiary alicyclic amines) is 2. The first kappa shape index (κ1) is 33.0. The Hall–Kier alpha value is -2.89. The maximum atomic E-state index is 15.5. The second-order valence-electron chi connectivity index (χ2n) is 12.9. The summed E-state index contributed by atoms with van der Waals surface area (Å²) in [6.45, 7) is 4.69. The number of methoxy groups -OCH3 is 1. The number of carbonyl (C=O) groups excluding carboxylic acids is 3. The highest BCUT2D eigenvalue weighted by Crippen LogP contribution is 2.36. The molecular weight excluding hydrogens is 629 g/mol. The van der Waals surface area contributed by atoms with Crippen molar-refractivity contribution in [3.63, 3.8) is 0 Å². The van der Waals surface area contributed by atoms with Gasteiger partial charge in [-0.1, -0.05) is 36.7 Å². The van der Waals surface area contributed by atoms with E-state index in [1.54, 1.807) is 12.5 Å². The SMILES string of the molecule is CCC1(OC)CN([C@H]2C[C@@H](CO[C@H]3CC[C@H](C=O)CC3)N(C(=O)Cc3cc(Cl)c(NC(=O)c4csc5ccccc45)cc3F)C2)C1. The molecule has 1 N–H and O–H groups in total. The molecule has 3 aromatic rings. The summed E-state index contributed by atoms with van der Waals surface area (Å²) in [4.78, 5) is 42.2. The number of nitrogens with zero attached hydrogens (tertiary/aromatic N) is 2. The van der Waals surface area contributed by atoms with Gasteiger partial charge in [0.25, 0.3) is 5.91 Å². The topological polar surface area (TPSA) is 88.2 Å². The van der Waals surface area contributed by atoms with Gasteiger partial charge < -0.3 is 24.5 Å². The maximum Gasteiger partial charge on any atom is 0.257 e. The van der Waals surface area contributed by atoms with Crippen molar-refractivity contribution in [3.8, 4) is 0 Å². The first-order valence-corrected chi connectivity index (χ1v) is 17.4. The molecular formula is C35H41ClFN3O5S. The van der Waals surface area contributed by atoms with E-state index in [0.717, 1.165) is 68.0 Å². The third-order valence-corrected chi connectivity index (χ3v) is 11.5. The zero-order valence-corrected chi connectivity index (χ0v) is 27.9. The minimum Gasteiger partial charge on any atom is -0.376 e. The van der Waals surface area contributed by atoms with Crippen LogP contribution in [0.5, 0.6) is 0 Å². The summed E-state index contributed by atoms with van der Waals surface area (Å²) in [5.74, 6) is -1.06. The number of halogens is 2. The van der Waals surface area contributed by atoms with E-state index in [9.17, 15) is 14.4 Å². The molecule has 11 heteroatoms. The van der Waals surface area contributed by atoms with Crippen LogP contribution in [0.2, 0.25) is 5.02 Å². The van der Waals surface area contributed by atoms with Crippen LogP contribution in [0.15, 0.2) is 41.8 Å². The van der Waals surface area contributed by atoms with Gasteiger partial charge >= 0.3 is 0 Å². The van der Waals surface area contributed by atoms with Crippen LogP contribution in [0, 0.1) is 11.7 Å². The lowest BCUT2D eigenvalue weighted by atomic mass is 9.88. The molecule has 1 aromatic heterocycles. The molecule has 0 bridgehead atoms. The molecule has 2 saturated heterocycles. The first-order valence-electron chi connectivity index (χ1n) is 16.1. The number of carbonyl (C=O) groups is 3. The number of anilines is 1. The maximum absolute atomic E-state index is 15.5. The molecule has 246 valence electrons. The summed E-state index contributed by atoms with van der Waals surface area (Å²) >= 11 is 8.00. The van der Waals surface area contributed by atoms with Crippen LogP contribution in [0.1, 0.15) is 61.4 Å². The minimum atomic E-state index is -0.603. The number of hydrogen-bond donors (Lipinski definition) is 1. The largest absolute Gasteiger partial charge is 0.376 e. The molecule has 0 spiro atoms. The molecule has 46 heavy (non-hydrogen) atoms. The third kappa shape index (κ3) is 6.87. The van der Waals surface area contributed by atoms with E-state index in [1.165, 1.54) is 23.5 Å². The van der Waals surface area contributed by atoms with Crippen molar-refractivity contribution in [2.75, 3.05) is 38.7 Å². The molecule has 6 rings (SSSR count). The van der Waals surface area contributed by atoms with Crippen molar-refractivity contribution in [1.82, 2.24) is 9.80 Å². The molecule has 3 heterocycles. The Bertz CT molecular complexity index is 1580. The number of thiophene rings is 1. The monoisotopic (exact) mass is 669 g/mol. The Morgan fingerprint density at radius 3 is 2.65 bits per heavy atom. The smallest absolute Gasteiger partial charge is 0.257 e. The predicted octanol–water partition coefficient (Wildman–Crippen LogP) is 6.34. The highest BCUT2D eigenvalue weighted by molar-refractivity contribution is 7.17. The predicted molar refractivity (Wildman–Crippen MR) is 178 cm³/mol. The number of hydrogen-bond acceptors (Lipinski definition) is 7. The fourth-order valence-electron chi connectivity index (χ4n) is 7.13. The van der Waals surface area contributed by atoms with Gasteiger partial charge in [-0.25, -0.2) is 4.39 Å². The Balaban J connectivity index is 1.13. The fourth-order valence-corrected chi connectivity index (χ4v) is 8.31. The van der Waals surface area contributed by atoms with E-state index in [4.69, 9.17) is 21.1 Å². The lowest BCUT2D eigenvalue weighted by Gasteiger charge is -2.51. The van der Waals surface area contributed by atoms with Crippen molar-refractivity contribution in [2.45, 2.75) is 75.7 Å². The molecule has 0 radical (unpaired) electrons. The van der Waals surface area contributed by atoms with E-state index in [0.29, 0.717) is 18.7 Å². The van der Waals surface area contributed by atoms with Gasteiger partial charge in [0.1, 0.15) is 12.1 Å². The second-order valence-corrected chi connectivity index (χ2v) is 14.3. The number of ether oxygens (including phenoxy) is 2. The van der Waals surface area contributed by atoms with Gasteiger partial charge in [-0.05, 0) is 62.3 Å². The molecule has 2 atom stereocenters. The molecule has 8 nitrogen and oxygen atoms in total. The lowest BCUT2D eigenvalue weighted by molar-refractivity contribution is -0.140. The number of amides is 2. The average Bonchev–Trinajstić information content (AvgIpc) is 3.67.